The normalized spacial score (nSPS) is 25.1. The molecule has 2 unspecified atom stereocenters. The summed E-state index contributed by atoms with van der Waals surface area (Å²) in [5.41, 5.74) is 7.48. The van der Waals surface area contributed by atoms with Gasteiger partial charge in [-0.25, -0.2) is 4.39 Å². The third-order valence-electron chi connectivity index (χ3n) is 4.19. The lowest BCUT2D eigenvalue weighted by atomic mass is 9.92. The van der Waals surface area contributed by atoms with Gasteiger partial charge in [-0.05, 0) is 37.6 Å². The van der Waals surface area contributed by atoms with Crippen molar-refractivity contribution in [3.8, 4) is 0 Å². The Morgan fingerprint density at radius 3 is 2.42 bits per heavy atom. The van der Waals surface area contributed by atoms with E-state index >= 15 is 0 Å². The minimum atomic E-state index is -0.172. The fraction of sp³-hybridized carbons (Fsp3) is 0.625. The van der Waals surface area contributed by atoms with E-state index in [1.807, 2.05) is 12.1 Å². The molecule has 2 atom stereocenters. The second-order valence-electron chi connectivity index (χ2n) is 5.76. The van der Waals surface area contributed by atoms with Gasteiger partial charge >= 0.3 is 0 Å². The Morgan fingerprint density at radius 1 is 1.11 bits per heavy atom. The average molecular weight is 264 g/mol. The lowest BCUT2D eigenvalue weighted by molar-refractivity contribution is 0.174. The van der Waals surface area contributed by atoms with E-state index in [0.29, 0.717) is 6.04 Å². The molecular formula is C16H25FN2. The van der Waals surface area contributed by atoms with Gasteiger partial charge in [0.2, 0.25) is 0 Å². The van der Waals surface area contributed by atoms with E-state index < -0.39 is 0 Å². The van der Waals surface area contributed by atoms with Crippen molar-refractivity contribution in [2.45, 2.75) is 57.2 Å². The summed E-state index contributed by atoms with van der Waals surface area (Å²) in [4.78, 5) is 2.34. The topological polar surface area (TPSA) is 29.3 Å². The summed E-state index contributed by atoms with van der Waals surface area (Å²) in [6.07, 6.45) is 7.47. The zero-order chi connectivity index (χ0) is 13.7. The zero-order valence-electron chi connectivity index (χ0n) is 11.8. The summed E-state index contributed by atoms with van der Waals surface area (Å²) in [7, 11) is 2.13. The van der Waals surface area contributed by atoms with Crippen LogP contribution in [0.5, 0.6) is 0 Å². The zero-order valence-corrected chi connectivity index (χ0v) is 11.8. The summed E-state index contributed by atoms with van der Waals surface area (Å²) in [5, 5.41) is 0. The van der Waals surface area contributed by atoms with E-state index in [1.165, 1.54) is 44.2 Å². The van der Waals surface area contributed by atoms with E-state index in [-0.39, 0.29) is 11.9 Å². The fourth-order valence-corrected chi connectivity index (χ4v) is 3.04. The summed E-state index contributed by atoms with van der Waals surface area (Å²) in [6.45, 7) is 0.846. The molecule has 2 nitrogen and oxygen atoms in total. The average Bonchev–Trinajstić information content (AvgIpc) is 2.37. The van der Waals surface area contributed by atoms with Gasteiger partial charge in [0.15, 0.2) is 0 Å². The van der Waals surface area contributed by atoms with Crippen LogP contribution in [0, 0.1) is 5.82 Å². The lowest BCUT2D eigenvalue weighted by Crippen LogP contribution is -2.46. The molecule has 0 spiro atoms. The highest BCUT2D eigenvalue weighted by atomic mass is 19.1. The lowest BCUT2D eigenvalue weighted by Gasteiger charge is -2.34. The monoisotopic (exact) mass is 264 g/mol. The summed E-state index contributed by atoms with van der Waals surface area (Å²) < 4.78 is 12.9. The molecule has 3 heteroatoms. The molecule has 1 aliphatic carbocycles. The molecule has 0 heterocycles. The van der Waals surface area contributed by atoms with Crippen LogP contribution < -0.4 is 5.73 Å². The van der Waals surface area contributed by atoms with Crippen molar-refractivity contribution in [1.82, 2.24) is 4.90 Å². The number of nitrogens with zero attached hydrogens (tertiary/aromatic N) is 1. The van der Waals surface area contributed by atoms with Gasteiger partial charge in [0.1, 0.15) is 5.82 Å². The van der Waals surface area contributed by atoms with Crippen molar-refractivity contribution in [1.29, 1.82) is 0 Å². The first-order chi connectivity index (χ1) is 9.16. The number of hydrogen-bond acceptors (Lipinski definition) is 2. The minimum absolute atomic E-state index is 0.172. The van der Waals surface area contributed by atoms with Gasteiger partial charge in [-0.15, -0.1) is 0 Å². The Labute approximate surface area is 115 Å². The Morgan fingerprint density at radius 2 is 1.74 bits per heavy atom. The fourth-order valence-electron chi connectivity index (χ4n) is 3.04. The Kier molecular flexibility index (Phi) is 5.34. The maximum absolute atomic E-state index is 12.9. The first kappa shape index (κ1) is 14.5. The van der Waals surface area contributed by atoms with Crippen LogP contribution in [0.25, 0.3) is 0 Å². The molecule has 19 heavy (non-hydrogen) atoms. The summed E-state index contributed by atoms with van der Waals surface area (Å²) >= 11 is 0. The molecule has 1 fully saturated rings. The molecule has 0 amide bonds. The smallest absolute Gasteiger partial charge is 0.123 e. The van der Waals surface area contributed by atoms with E-state index in [9.17, 15) is 4.39 Å². The minimum Gasteiger partial charge on any atom is -0.326 e. The molecule has 0 aliphatic heterocycles. The van der Waals surface area contributed by atoms with Crippen LogP contribution in [0.15, 0.2) is 24.3 Å². The first-order valence-corrected chi connectivity index (χ1v) is 7.37. The molecule has 0 bridgehead atoms. The van der Waals surface area contributed by atoms with E-state index in [0.717, 1.165) is 18.5 Å². The number of rotatable bonds is 3. The largest absolute Gasteiger partial charge is 0.326 e. The molecule has 2 rings (SSSR count). The van der Waals surface area contributed by atoms with Crippen molar-refractivity contribution >= 4 is 0 Å². The molecule has 0 radical (unpaired) electrons. The predicted molar refractivity (Wildman–Crippen MR) is 77.3 cm³/mol. The van der Waals surface area contributed by atoms with Crippen LogP contribution in [0.2, 0.25) is 0 Å². The number of nitrogens with two attached hydrogens (primary N) is 1. The van der Waals surface area contributed by atoms with Crippen molar-refractivity contribution < 1.29 is 4.39 Å². The second kappa shape index (κ2) is 7.01. The van der Waals surface area contributed by atoms with Crippen LogP contribution in [0.3, 0.4) is 0 Å². The molecular weight excluding hydrogens is 239 g/mol. The van der Waals surface area contributed by atoms with Crippen LogP contribution >= 0.6 is 0 Å². The maximum Gasteiger partial charge on any atom is 0.123 e. The number of benzene rings is 1. The van der Waals surface area contributed by atoms with Gasteiger partial charge in [-0.3, -0.25) is 4.90 Å². The van der Waals surface area contributed by atoms with Crippen LogP contribution in [0.1, 0.15) is 44.1 Å². The van der Waals surface area contributed by atoms with Gasteiger partial charge in [0.05, 0.1) is 0 Å². The molecule has 1 aromatic carbocycles. The highest BCUT2D eigenvalue weighted by Gasteiger charge is 2.23. The summed E-state index contributed by atoms with van der Waals surface area (Å²) in [6, 6.07) is 7.50. The van der Waals surface area contributed by atoms with Gasteiger partial charge in [-0.1, -0.05) is 37.8 Å². The molecule has 0 aromatic heterocycles. The quantitative estimate of drug-likeness (QED) is 0.907. The van der Waals surface area contributed by atoms with Gasteiger partial charge in [-0.2, -0.15) is 0 Å². The highest BCUT2D eigenvalue weighted by molar-refractivity contribution is 5.16. The first-order valence-electron chi connectivity index (χ1n) is 7.37. The highest BCUT2D eigenvalue weighted by Crippen LogP contribution is 2.21. The molecule has 0 saturated heterocycles. The van der Waals surface area contributed by atoms with Crippen molar-refractivity contribution in [3.05, 3.63) is 35.6 Å². The third-order valence-corrected chi connectivity index (χ3v) is 4.19. The molecule has 106 valence electrons. The van der Waals surface area contributed by atoms with E-state index in [4.69, 9.17) is 5.73 Å². The predicted octanol–water partition coefficient (Wildman–Crippen LogP) is 3.31. The number of likely N-dealkylation sites (N-methyl/N-ethyl adjacent to an activating group) is 1. The Balaban J connectivity index is 1.96. The van der Waals surface area contributed by atoms with Gasteiger partial charge in [0.25, 0.3) is 0 Å². The third kappa shape index (κ3) is 4.29. The molecule has 1 saturated carbocycles. The van der Waals surface area contributed by atoms with Crippen molar-refractivity contribution in [2.75, 3.05) is 7.05 Å². The van der Waals surface area contributed by atoms with Crippen molar-refractivity contribution in [2.24, 2.45) is 5.73 Å². The SMILES string of the molecule is CN(Cc1ccc(F)cc1)C1CCCCCCC1N. The van der Waals surface area contributed by atoms with Gasteiger partial charge < -0.3 is 5.73 Å². The molecule has 1 aliphatic rings. The number of hydrogen-bond donors (Lipinski definition) is 1. The van der Waals surface area contributed by atoms with Crippen LogP contribution in [0.4, 0.5) is 4.39 Å². The van der Waals surface area contributed by atoms with Crippen molar-refractivity contribution in [3.63, 3.8) is 0 Å². The summed E-state index contributed by atoms with van der Waals surface area (Å²) in [5.74, 6) is -0.172. The Hall–Kier alpha value is -0.930. The Bertz CT molecular complexity index is 377. The standard InChI is InChI=1S/C16H25FN2/c1-19(12-13-8-10-14(17)11-9-13)16-7-5-3-2-4-6-15(16)18/h8-11,15-16H,2-7,12,18H2,1H3. The molecule has 2 N–H and O–H groups in total. The molecule has 1 aromatic rings. The van der Waals surface area contributed by atoms with Crippen LogP contribution in [-0.4, -0.2) is 24.0 Å². The second-order valence-corrected chi connectivity index (χ2v) is 5.76. The maximum atomic E-state index is 12.9. The van der Waals surface area contributed by atoms with E-state index in [2.05, 4.69) is 11.9 Å². The van der Waals surface area contributed by atoms with Crippen LogP contribution in [-0.2, 0) is 6.54 Å². The number of halogens is 1. The van der Waals surface area contributed by atoms with Gasteiger partial charge in [0, 0.05) is 18.6 Å². The van der Waals surface area contributed by atoms with E-state index in [1.54, 1.807) is 0 Å².